The van der Waals surface area contributed by atoms with Crippen molar-refractivity contribution in [1.29, 1.82) is 0 Å². The van der Waals surface area contributed by atoms with Crippen LogP contribution in [0.5, 0.6) is 0 Å². The van der Waals surface area contributed by atoms with E-state index in [1.165, 1.54) is 6.42 Å². The van der Waals surface area contributed by atoms with Crippen LogP contribution in [0.4, 0.5) is 0 Å². The highest BCUT2D eigenvalue weighted by molar-refractivity contribution is 5.78. The molecule has 1 amide bonds. The zero-order chi connectivity index (χ0) is 14.8. The first-order valence-corrected chi connectivity index (χ1v) is 7.72. The molecule has 2 fully saturated rings. The van der Waals surface area contributed by atoms with Gasteiger partial charge in [-0.15, -0.1) is 0 Å². The van der Waals surface area contributed by atoms with Gasteiger partial charge in [0.15, 0.2) is 0 Å². The fourth-order valence-corrected chi connectivity index (χ4v) is 3.38. The number of rotatable bonds is 3. The SMILES string of the molecule is CC1CCCCN1C(=O)CN1CC(CO)OC(C)(C)C1. The predicted octanol–water partition coefficient (Wildman–Crippen LogP) is 0.859. The van der Waals surface area contributed by atoms with E-state index < -0.39 is 0 Å². The first-order chi connectivity index (χ1) is 9.41. The second-order valence-corrected chi connectivity index (χ2v) is 6.78. The molecule has 20 heavy (non-hydrogen) atoms. The van der Waals surface area contributed by atoms with E-state index in [1.54, 1.807) is 0 Å². The van der Waals surface area contributed by atoms with Crippen LogP contribution < -0.4 is 0 Å². The Morgan fingerprint density at radius 1 is 1.40 bits per heavy atom. The minimum absolute atomic E-state index is 0.00817. The van der Waals surface area contributed by atoms with Crippen molar-refractivity contribution in [3.63, 3.8) is 0 Å². The molecule has 116 valence electrons. The van der Waals surface area contributed by atoms with Crippen molar-refractivity contribution < 1.29 is 14.6 Å². The molecule has 2 atom stereocenters. The largest absolute Gasteiger partial charge is 0.394 e. The summed E-state index contributed by atoms with van der Waals surface area (Å²) in [6.07, 6.45) is 3.26. The predicted molar refractivity (Wildman–Crippen MR) is 77.5 cm³/mol. The van der Waals surface area contributed by atoms with Crippen LogP contribution in [0.25, 0.3) is 0 Å². The maximum atomic E-state index is 12.5. The van der Waals surface area contributed by atoms with Gasteiger partial charge in [-0.05, 0) is 40.0 Å². The van der Waals surface area contributed by atoms with Crippen molar-refractivity contribution in [3.05, 3.63) is 0 Å². The number of nitrogens with zero attached hydrogens (tertiary/aromatic N) is 2. The molecule has 0 spiro atoms. The van der Waals surface area contributed by atoms with Gasteiger partial charge in [-0.2, -0.15) is 0 Å². The van der Waals surface area contributed by atoms with Crippen molar-refractivity contribution in [1.82, 2.24) is 9.80 Å². The quantitative estimate of drug-likeness (QED) is 0.835. The number of ether oxygens (including phenoxy) is 1. The average Bonchev–Trinajstić information content (AvgIpc) is 2.37. The molecule has 0 bridgehead atoms. The summed E-state index contributed by atoms with van der Waals surface area (Å²) in [5, 5.41) is 9.32. The van der Waals surface area contributed by atoms with Crippen LogP contribution in [-0.4, -0.2) is 71.3 Å². The molecule has 0 aromatic rings. The topological polar surface area (TPSA) is 53.0 Å². The van der Waals surface area contributed by atoms with Crippen molar-refractivity contribution >= 4 is 5.91 Å². The Hall–Kier alpha value is -0.650. The van der Waals surface area contributed by atoms with Gasteiger partial charge in [0.1, 0.15) is 0 Å². The van der Waals surface area contributed by atoms with E-state index in [4.69, 9.17) is 4.74 Å². The Labute approximate surface area is 121 Å². The third-order valence-corrected chi connectivity index (χ3v) is 4.24. The molecule has 2 heterocycles. The van der Waals surface area contributed by atoms with Crippen molar-refractivity contribution in [3.8, 4) is 0 Å². The summed E-state index contributed by atoms with van der Waals surface area (Å²) >= 11 is 0. The highest BCUT2D eigenvalue weighted by atomic mass is 16.5. The first-order valence-electron chi connectivity index (χ1n) is 7.72. The molecular weight excluding hydrogens is 256 g/mol. The molecule has 2 unspecified atom stereocenters. The van der Waals surface area contributed by atoms with Crippen LogP contribution in [0, 0.1) is 0 Å². The molecule has 2 aliphatic heterocycles. The molecule has 1 N–H and O–H groups in total. The first kappa shape index (κ1) is 15.7. The number of amides is 1. The average molecular weight is 284 g/mol. The molecule has 0 radical (unpaired) electrons. The number of carbonyl (C=O) groups excluding carboxylic acids is 1. The molecule has 5 heteroatoms. The highest BCUT2D eigenvalue weighted by Crippen LogP contribution is 2.22. The second kappa shape index (κ2) is 6.41. The minimum Gasteiger partial charge on any atom is -0.394 e. The van der Waals surface area contributed by atoms with Gasteiger partial charge in [0, 0.05) is 25.7 Å². The number of aliphatic hydroxyl groups excluding tert-OH is 1. The number of likely N-dealkylation sites (tertiary alicyclic amines) is 1. The summed E-state index contributed by atoms with van der Waals surface area (Å²) in [7, 11) is 0. The Morgan fingerprint density at radius 2 is 2.15 bits per heavy atom. The van der Waals surface area contributed by atoms with Crippen LogP contribution in [0.15, 0.2) is 0 Å². The van der Waals surface area contributed by atoms with E-state index in [2.05, 4.69) is 11.8 Å². The minimum atomic E-state index is -0.306. The summed E-state index contributed by atoms with van der Waals surface area (Å²) < 4.78 is 5.78. The van der Waals surface area contributed by atoms with Crippen LogP contribution in [0.1, 0.15) is 40.0 Å². The monoisotopic (exact) mass is 284 g/mol. The van der Waals surface area contributed by atoms with Gasteiger partial charge in [-0.3, -0.25) is 9.69 Å². The standard InChI is InChI=1S/C15H28N2O3/c1-12-6-4-5-7-17(12)14(19)9-16-8-13(10-18)20-15(2,3)11-16/h12-13,18H,4-11H2,1-3H3. The van der Waals surface area contributed by atoms with Gasteiger partial charge in [0.05, 0.1) is 24.9 Å². The third-order valence-electron chi connectivity index (χ3n) is 4.24. The molecule has 2 saturated heterocycles. The van der Waals surface area contributed by atoms with Crippen LogP contribution in [0.2, 0.25) is 0 Å². The van der Waals surface area contributed by atoms with Gasteiger partial charge in [0.25, 0.3) is 0 Å². The third kappa shape index (κ3) is 3.93. The molecular formula is C15H28N2O3. The lowest BCUT2D eigenvalue weighted by atomic mass is 10.0. The molecule has 0 aromatic heterocycles. The second-order valence-electron chi connectivity index (χ2n) is 6.78. The molecule has 0 saturated carbocycles. The van der Waals surface area contributed by atoms with E-state index in [0.29, 0.717) is 19.1 Å². The van der Waals surface area contributed by atoms with Gasteiger partial charge in [0.2, 0.25) is 5.91 Å². The van der Waals surface area contributed by atoms with Crippen LogP contribution in [0.3, 0.4) is 0 Å². The highest BCUT2D eigenvalue weighted by Gasteiger charge is 2.35. The molecule has 2 aliphatic rings. The van der Waals surface area contributed by atoms with Crippen molar-refractivity contribution in [2.45, 2.75) is 57.8 Å². The molecule has 0 aliphatic carbocycles. The van der Waals surface area contributed by atoms with Crippen LogP contribution >= 0.6 is 0 Å². The van der Waals surface area contributed by atoms with Gasteiger partial charge in [-0.25, -0.2) is 0 Å². The summed E-state index contributed by atoms with van der Waals surface area (Å²) in [4.78, 5) is 16.6. The number of aliphatic hydroxyl groups is 1. The number of hydrogen-bond donors (Lipinski definition) is 1. The smallest absolute Gasteiger partial charge is 0.236 e. The number of carbonyl (C=O) groups is 1. The maximum Gasteiger partial charge on any atom is 0.236 e. The van der Waals surface area contributed by atoms with E-state index in [1.807, 2.05) is 18.7 Å². The zero-order valence-corrected chi connectivity index (χ0v) is 13.0. The Balaban J connectivity index is 1.92. The van der Waals surface area contributed by atoms with Crippen molar-refractivity contribution in [2.24, 2.45) is 0 Å². The van der Waals surface area contributed by atoms with Crippen LogP contribution in [-0.2, 0) is 9.53 Å². The molecule has 2 rings (SSSR count). The van der Waals surface area contributed by atoms with Crippen molar-refractivity contribution in [2.75, 3.05) is 32.8 Å². The fourth-order valence-electron chi connectivity index (χ4n) is 3.38. The fraction of sp³-hybridized carbons (Fsp3) is 0.933. The number of hydrogen-bond acceptors (Lipinski definition) is 4. The zero-order valence-electron chi connectivity index (χ0n) is 13.0. The molecule has 5 nitrogen and oxygen atoms in total. The lowest BCUT2D eigenvalue weighted by Crippen LogP contribution is -2.56. The summed E-state index contributed by atoms with van der Waals surface area (Å²) in [5.74, 6) is 0.214. The summed E-state index contributed by atoms with van der Waals surface area (Å²) in [5.41, 5.74) is -0.306. The Kier molecular flexibility index (Phi) is 5.04. The van der Waals surface area contributed by atoms with E-state index >= 15 is 0 Å². The van der Waals surface area contributed by atoms with E-state index in [-0.39, 0.29) is 24.2 Å². The van der Waals surface area contributed by atoms with Gasteiger partial charge >= 0.3 is 0 Å². The maximum absolute atomic E-state index is 12.5. The van der Waals surface area contributed by atoms with Gasteiger partial charge < -0.3 is 14.7 Å². The summed E-state index contributed by atoms with van der Waals surface area (Å²) in [6, 6.07) is 0.360. The summed E-state index contributed by atoms with van der Waals surface area (Å²) in [6.45, 7) is 8.85. The van der Waals surface area contributed by atoms with E-state index in [9.17, 15) is 9.90 Å². The lowest BCUT2D eigenvalue weighted by molar-refractivity contribution is -0.157. The molecule has 0 aromatic carbocycles. The normalized spacial score (nSPS) is 31.3. The van der Waals surface area contributed by atoms with Gasteiger partial charge in [-0.1, -0.05) is 0 Å². The lowest BCUT2D eigenvalue weighted by Gasteiger charge is -2.43. The Morgan fingerprint density at radius 3 is 2.80 bits per heavy atom. The Bertz CT molecular complexity index is 346. The number of piperidine rings is 1. The number of morpholine rings is 1. The van der Waals surface area contributed by atoms with E-state index in [0.717, 1.165) is 25.9 Å².